The molecule has 1 N–H and O–H groups in total. The largest absolute Gasteiger partial charge is 0.481 e. The first-order chi connectivity index (χ1) is 7.66. The molecule has 80 valence electrons. The summed E-state index contributed by atoms with van der Waals surface area (Å²) in [5, 5.41) is 9.34. The third-order valence-electron chi connectivity index (χ3n) is 2.08. The molecule has 0 spiro atoms. The fourth-order valence-electron chi connectivity index (χ4n) is 1.35. The highest BCUT2D eigenvalue weighted by Gasteiger charge is 2.07. The van der Waals surface area contributed by atoms with E-state index < -0.39 is 17.9 Å². The van der Waals surface area contributed by atoms with Crippen molar-refractivity contribution in [2.75, 3.05) is 0 Å². The van der Waals surface area contributed by atoms with Gasteiger partial charge in [-0.05, 0) is 6.07 Å². The van der Waals surface area contributed by atoms with E-state index in [1.165, 1.54) is 6.20 Å². The average molecular weight is 216 g/mol. The highest BCUT2D eigenvalue weighted by molar-refractivity contribution is 5.77. The lowest BCUT2D eigenvalue weighted by molar-refractivity contribution is -0.136. The van der Waals surface area contributed by atoms with Crippen LogP contribution in [0.1, 0.15) is 5.69 Å². The normalized spacial score (nSPS) is 10.2. The molecule has 0 bridgehead atoms. The van der Waals surface area contributed by atoms with Gasteiger partial charge in [0.15, 0.2) is 0 Å². The van der Waals surface area contributed by atoms with Gasteiger partial charge < -0.3 is 5.11 Å². The van der Waals surface area contributed by atoms with Crippen molar-refractivity contribution in [3.8, 4) is 0 Å². The second-order valence-electron chi connectivity index (χ2n) is 3.25. The van der Waals surface area contributed by atoms with E-state index in [4.69, 9.17) is 5.11 Å². The van der Waals surface area contributed by atoms with E-state index in [0.717, 1.165) is 0 Å². The average Bonchev–Trinajstić information content (AvgIpc) is 2.39. The summed E-state index contributed by atoms with van der Waals surface area (Å²) in [5.41, 5.74) is -0.0827. The van der Waals surface area contributed by atoms with Crippen LogP contribution in [0, 0.1) is 0 Å². The molecule has 0 saturated heterocycles. The van der Waals surface area contributed by atoms with Crippen LogP contribution in [0.2, 0.25) is 0 Å². The van der Waals surface area contributed by atoms with Gasteiger partial charge in [-0.25, -0.2) is 9.97 Å². The molecule has 1 heterocycles. The summed E-state index contributed by atoms with van der Waals surface area (Å²) >= 11 is 0. The first-order valence-corrected chi connectivity index (χ1v) is 4.63. The van der Waals surface area contributed by atoms with Crippen LogP contribution in [-0.2, 0) is 11.2 Å². The van der Waals surface area contributed by atoms with Crippen molar-refractivity contribution in [3.05, 3.63) is 46.5 Å². The zero-order valence-corrected chi connectivity index (χ0v) is 8.25. The molecule has 1 aromatic carbocycles. The van der Waals surface area contributed by atoms with Gasteiger partial charge in [-0.1, -0.05) is 18.2 Å². The molecule has 5 nitrogen and oxygen atoms in total. The zero-order chi connectivity index (χ0) is 11.5. The second kappa shape index (κ2) is 4.06. The fourth-order valence-corrected chi connectivity index (χ4v) is 1.35. The molecule has 0 aliphatic heterocycles. The maximum atomic E-state index is 11.4. The maximum Gasteiger partial charge on any atom is 0.309 e. The summed E-state index contributed by atoms with van der Waals surface area (Å²) in [5.74, 6) is -1.10. The van der Waals surface area contributed by atoms with E-state index in [1.807, 2.05) is 0 Å². The highest BCUT2D eigenvalue weighted by Crippen LogP contribution is 2.07. The molecule has 2 rings (SSSR count). The number of hydrogen-bond donors (Lipinski definition) is 1. The van der Waals surface area contributed by atoms with Crippen molar-refractivity contribution in [2.45, 2.75) is 6.42 Å². The molecule has 16 heavy (non-hydrogen) atoms. The number of rotatable bonds is 2. The Morgan fingerprint density at radius 2 is 2.06 bits per heavy atom. The number of hydrogen-bond acceptors (Lipinski definition) is 4. The van der Waals surface area contributed by atoms with E-state index in [1.54, 1.807) is 24.3 Å². The minimum absolute atomic E-state index is 0.0475. The monoisotopic (exact) mass is 216 g/mol. The molecule has 1 aromatic heterocycles. The van der Waals surface area contributed by atoms with Gasteiger partial charge in [-0.2, -0.15) is 0 Å². The van der Waals surface area contributed by atoms with Gasteiger partial charge in [-0.15, -0.1) is 0 Å². The van der Waals surface area contributed by atoms with Gasteiger partial charge in [0, 0.05) is 11.6 Å². The van der Waals surface area contributed by atoms with Crippen LogP contribution in [0.5, 0.6) is 0 Å². The maximum absolute atomic E-state index is 11.4. The van der Waals surface area contributed by atoms with Gasteiger partial charge in [-0.3, -0.25) is 9.59 Å². The number of carboxylic acids is 1. The van der Waals surface area contributed by atoms with Crippen LogP contribution >= 0.6 is 0 Å². The van der Waals surface area contributed by atoms with Gasteiger partial charge >= 0.3 is 5.97 Å². The van der Waals surface area contributed by atoms with Crippen molar-refractivity contribution < 1.29 is 9.90 Å². The Hall–Kier alpha value is -2.30. The van der Waals surface area contributed by atoms with Crippen molar-refractivity contribution >= 4 is 16.9 Å². The van der Waals surface area contributed by atoms with Crippen LogP contribution in [0.15, 0.2) is 35.3 Å². The smallest absolute Gasteiger partial charge is 0.309 e. The van der Waals surface area contributed by atoms with Gasteiger partial charge in [0.2, 0.25) is 0 Å². The van der Waals surface area contributed by atoms with Crippen LogP contribution < -0.4 is 5.56 Å². The lowest BCUT2D eigenvalue weighted by atomic mass is 10.2. The summed E-state index contributed by atoms with van der Waals surface area (Å²) in [6.07, 6.45) is 0.987. The summed E-state index contributed by atoms with van der Waals surface area (Å²) in [6.45, 7) is 0. The Balaban J connectivity index is 2.71. The van der Waals surface area contributed by atoms with E-state index in [9.17, 15) is 9.59 Å². The molecular weight excluding hydrogens is 208 g/mol. The molecule has 0 aliphatic carbocycles. The number of nitrogens with zero attached hydrogens (tertiary/aromatic N) is 2. The van der Waals surface area contributed by atoms with Gasteiger partial charge in [0.1, 0.15) is 5.69 Å². The van der Waals surface area contributed by atoms with Crippen molar-refractivity contribution in [2.24, 2.45) is 0 Å². The Morgan fingerprint density at radius 1 is 1.31 bits per heavy atom. The number of para-hydroxylation sites is 1. The van der Waals surface area contributed by atoms with Crippen molar-refractivity contribution in [3.63, 3.8) is 0 Å². The minimum Gasteiger partial charge on any atom is -0.481 e. The minimum atomic E-state index is -1.10. The molecule has 5 heteroatoms. The van der Waals surface area contributed by atoms with Gasteiger partial charge in [0.25, 0.3) is 5.56 Å². The Bertz CT molecular complexity index is 610. The number of aliphatic carboxylic acids is 1. The molecule has 0 saturated carbocycles. The lowest BCUT2D eigenvalue weighted by Gasteiger charge is -1.91. The molecule has 0 fully saturated rings. The Morgan fingerprint density at radius 3 is 2.81 bits per heavy atom. The number of aromatic nitrogens is 2. The first-order valence-electron chi connectivity index (χ1n) is 4.63. The molecule has 0 radical (unpaired) electrons. The van der Waals surface area contributed by atoms with E-state index >= 15 is 0 Å². The van der Waals surface area contributed by atoms with Crippen molar-refractivity contribution in [1.82, 2.24) is 9.97 Å². The number of fused-ring (bicyclic) bond motifs is 1. The van der Waals surface area contributed by atoms with Crippen LogP contribution in [0.4, 0.5) is 0 Å². The Kier molecular flexibility index (Phi) is 2.59. The van der Waals surface area contributed by atoms with E-state index in [-0.39, 0.29) is 5.69 Å². The Labute approximate surface area is 90.4 Å². The quantitative estimate of drug-likeness (QED) is 0.795. The summed E-state index contributed by atoms with van der Waals surface area (Å²) < 4.78 is 0. The van der Waals surface area contributed by atoms with E-state index in [0.29, 0.717) is 10.9 Å². The highest BCUT2D eigenvalue weighted by atomic mass is 16.4. The SMILES string of the molecule is O=C(O)Cc1nc2ccccc2cnc1=O. The predicted molar refractivity (Wildman–Crippen MR) is 57.1 cm³/mol. The third-order valence-corrected chi connectivity index (χ3v) is 2.08. The van der Waals surface area contributed by atoms with Gasteiger partial charge in [0.05, 0.1) is 11.9 Å². The summed E-state index contributed by atoms with van der Waals surface area (Å²) in [6, 6.07) is 7.04. The van der Waals surface area contributed by atoms with E-state index in [2.05, 4.69) is 9.97 Å². The molecule has 2 aromatic rings. The topological polar surface area (TPSA) is 80.2 Å². The van der Waals surface area contributed by atoms with Crippen LogP contribution in [-0.4, -0.2) is 21.0 Å². The molecule has 0 unspecified atom stereocenters. The molecular formula is C11H8N2O3. The zero-order valence-electron chi connectivity index (χ0n) is 8.25. The number of carboxylic acid groups (broad SMARTS) is 1. The van der Waals surface area contributed by atoms with Crippen molar-refractivity contribution in [1.29, 1.82) is 0 Å². The standard InChI is InChI=1S/C11H8N2O3/c14-10(15)5-9-11(16)12-6-7-3-1-2-4-8(7)13-9/h1-4,6H,5H2,(H,14,15). The molecule has 0 amide bonds. The molecule has 0 aliphatic rings. The fraction of sp³-hybridized carbons (Fsp3) is 0.0909. The molecule has 0 atom stereocenters. The summed E-state index contributed by atoms with van der Waals surface area (Å²) in [7, 11) is 0. The third kappa shape index (κ3) is 2.03. The lowest BCUT2D eigenvalue weighted by Crippen LogP contribution is -2.15. The van der Waals surface area contributed by atoms with Crippen LogP contribution in [0.25, 0.3) is 10.9 Å². The number of carbonyl (C=O) groups is 1. The summed E-state index contributed by atoms with van der Waals surface area (Å²) in [4.78, 5) is 29.6. The second-order valence-corrected chi connectivity index (χ2v) is 3.25. The predicted octanol–water partition coefficient (Wildman–Crippen LogP) is 0.617. The number of benzene rings is 1. The van der Waals surface area contributed by atoms with Crippen LogP contribution in [0.3, 0.4) is 0 Å². The first kappa shape index (κ1) is 10.2.